The molecule has 0 saturated carbocycles. The van der Waals surface area contributed by atoms with Crippen LogP contribution in [-0.4, -0.2) is 31.1 Å². The summed E-state index contributed by atoms with van der Waals surface area (Å²) in [7, 11) is 3.14. The fourth-order valence-corrected chi connectivity index (χ4v) is 2.05. The van der Waals surface area contributed by atoms with E-state index in [0.29, 0.717) is 24.3 Å². The first-order valence-electron chi connectivity index (χ1n) is 5.25. The molecule has 2 rings (SSSR count). The zero-order chi connectivity index (χ0) is 12.6. The van der Waals surface area contributed by atoms with Crippen molar-refractivity contribution in [1.82, 2.24) is 0 Å². The third-order valence-corrected chi connectivity index (χ3v) is 2.94. The Morgan fingerprint density at radius 3 is 2.71 bits per heavy atom. The number of carboxylic acids is 1. The maximum absolute atomic E-state index is 11.6. The van der Waals surface area contributed by atoms with E-state index in [1.807, 2.05) is 0 Å². The van der Waals surface area contributed by atoms with Crippen LogP contribution in [0.4, 0.5) is 5.69 Å². The first-order valence-corrected chi connectivity index (χ1v) is 5.25. The van der Waals surface area contributed by atoms with Gasteiger partial charge in [-0.05, 0) is 24.1 Å². The normalized spacial score (nSPS) is 14.5. The van der Waals surface area contributed by atoms with E-state index in [9.17, 15) is 9.59 Å². The third kappa shape index (κ3) is 1.84. The fourth-order valence-electron chi connectivity index (χ4n) is 2.05. The number of benzene rings is 1. The van der Waals surface area contributed by atoms with Crippen molar-refractivity contribution in [1.29, 1.82) is 0 Å². The molecule has 0 bridgehead atoms. The second kappa shape index (κ2) is 4.08. The van der Waals surface area contributed by atoms with Gasteiger partial charge in [0.1, 0.15) is 5.75 Å². The number of methoxy groups -OCH3 is 1. The molecule has 0 atom stereocenters. The molecule has 1 aromatic carbocycles. The SMILES string of the molecule is COc1cc(C(=O)O)cc2c1N(C)C(=O)CC2. The monoisotopic (exact) mass is 235 g/mol. The van der Waals surface area contributed by atoms with Gasteiger partial charge in [-0.15, -0.1) is 0 Å². The lowest BCUT2D eigenvalue weighted by atomic mass is 9.98. The van der Waals surface area contributed by atoms with E-state index >= 15 is 0 Å². The molecule has 0 aliphatic carbocycles. The Bertz CT molecular complexity index is 478. The zero-order valence-electron chi connectivity index (χ0n) is 9.69. The van der Waals surface area contributed by atoms with Gasteiger partial charge in [-0.1, -0.05) is 0 Å². The summed E-state index contributed by atoms with van der Waals surface area (Å²) in [4.78, 5) is 24.1. The number of hydrogen-bond acceptors (Lipinski definition) is 3. The number of carboxylic acid groups (broad SMARTS) is 1. The highest BCUT2D eigenvalue weighted by Crippen LogP contribution is 2.37. The lowest BCUT2D eigenvalue weighted by Gasteiger charge is -2.27. The molecule has 1 N–H and O–H groups in total. The van der Waals surface area contributed by atoms with E-state index in [2.05, 4.69) is 0 Å². The minimum atomic E-state index is -0.995. The van der Waals surface area contributed by atoms with Gasteiger partial charge in [0.15, 0.2) is 0 Å². The number of aromatic carboxylic acids is 1. The van der Waals surface area contributed by atoms with Crippen LogP contribution < -0.4 is 9.64 Å². The fraction of sp³-hybridized carbons (Fsp3) is 0.333. The number of carbonyl (C=O) groups excluding carboxylic acids is 1. The smallest absolute Gasteiger partial charge is 0.335 e. The second-order valence-corrected chi connectivity index (χ2v) is 3.94. The maximum atomic E-state index is 11.6. The number of rotatable bonds is 2. The van der Waals surface area contributed by atoms with Crippen molar-refractivity contribution in [2.24, 2.45) is 0 Å². The lowest BCUT2D eigenvalue weighted by molar-refractivity contribution is -0.118. The molecule has 1 aromatic rings. The predicted molar refractivity (Wildman–Crippen MR) is 61.7 cm³/mol. The van der Waals surface area contributed by atoms with Crippen LogP contribution in [0.25, 0.3) is 0 Å². The summed E-state index contributed by atoms with van der Waals surface area (Å²) >= 11 is 0. The number of anilines is 1. The van der Waals surface area contributed by atoms with Crippen molar-refractivity contribution in [3.05, 3.63) is 23.3 Å². The molecular weight excluding hydrogens is 222 g/mol. The topological polar surface area (TPSA) is 66.8 Å². The molecule has 90 valence electrons. The van der Waals surface area contributed by atoms with Gasteiger partial charge < -0.3 is 14.7 Å². The van der Waals surface area contributed by atoms with Gasteiger partial charge in [-0.25, -0.2) is 4.79 Å². The minimum Gasteiger partial charge on any atom is -0.495 e. The number of amides is 1. The molecule has 1 amide bonds. The van der Waals surface area contributed by atoms with Crippen LogP contribution in [0.1, 0.15) is 22.3 Å². The molecular formula is C12H13NO4. The molecule has 0 aromatic heterocycles. The van der Waals surface area contributed by atoms with Gasteiger partial charge in [0.05, 0.1) is 18.4 Å². The summed E-state index contributed by atoms with van der Waals surface area (Å²) in [6, 6.07) is 3.04. The van der Waals surface area contributed by atoms with Crippen molar-refractivity contribution in [3.8, 4) is 5.75 Å². The van der Waals surface area contributed by atoms with E-state index in [-0.39, 0.29) is 11.5 Å². The Hall–Kier alpha value is -2.04. The number of nitrogens with zero attached hydrogens (tertiary/aromatic N) is 1. The number of aryl methyl sites for hydroxylation is 1. The first-order chi connectivity index (χ1) is 8.04. The average Bonchev–Trinajstić information content (AvgIpc) is 2.32. The van der Waals surface area contributed by atoms with E-state index in [0.717, 1.165) is 5.56 Å². The highest BCUT2D eigenvalue weighted by Gasteiger charge is 2.26. The van der Waals surface area contributed by atoms with Crippen LogP contribution in [0.2, 0.25) is 0 Å². The maximum Gasteiger partial charge on any atom is 0.335 e. The third-order valence-electron chi connectivity index (χ3n) is 2.94. The summed E-state index contributed by atoms with van der Waals surface area (Å²) in [6.45, 7) is 0. The van der Waals surface area contributed by atoms with Crippen LogP contribution in [-0.2, 0) is 11.2 Å². The summed E-state index contributed by atoms with van der Waals surface area (Å²) < 4.78 is 5.16. The molecule has 1 aliphatic heterocycles. The van der Waals surface area contributed by atoms with Gasteiger partial charge >= 0.3 is 5.97 Å². The predicted octanol–water partition coefficient (Wildman–Crippen LogP) is 1.30. The Morgan fingerprint density at radius 1 is 1.41 bits per heavy atom. The van der Waals surface area contributed by atoms with Crippen LogP contribution in [0.5, 0.6) is 5.75 Å². The van der Waals surface area contributed by atoms with Gasteiger partial charge in [-0.3, -0.25) is 4.79 Å². The minimum absolute atomic E-state index is 0.0128. The quantitative estimate of drug-likeness (QED) is 0.839. The largest absolute Gasteiger partial charge is 0.495 e. The average molecular weight is 235 g/mol. The lowest BCUT2D eigenvalue weighted by Crippen LogP contribution is -2.31. The number of fused-ring (bicyclic) bond motifs is 1. The highest BCUT2D eigenvalue weighted by atomic mass is 16.5. The molecule has 5 nitrogen and oxygen atoms in total. The van der Waals surface area contributed by atoms with Crippen LogP contribution in [0.3, 0.4) is 0 Å². The molecule has 17 heavy (non-hydrogen) atoms. The highest BCUT2D eigenvalue weighted by molar-refractivity contribution is 5.99. The molecule has 0 saturated heterocycles. The molecule has 0 unspecified atom stereocenters. The Morgan fingerprint density at radius 2 is 2.12 bits per heavy atom. The summed E-state index contributed by atoms with van der Waals surface area (Å²) in [5.74, 6) is -0.556. The van der Waals surface area contributed by atoms with Gasteiger partial charge in [0, 0.05) is 13.5 Å². The molecule has 1 aliphatic rings. The van der Waals surface area contributed by atoms with Gasteiger partial charge in [0.25, 0.3) is 0 Å². The van der Waals surface area contributed by atoms with E-state index < -0.39 is 5.97 Å². The number of ether oxygens (including phenoxy) is 1. The Balaban J connectivity index is 2.61. The first kappa shape index (κ1) is 11.4. The Labute approximate surface area is 98.6 Å². The molecule has 0 fully saturated rings. The van der Waals surface area contributed by atoms with Gasteiger partial charge in [-0.2, -0.15) is 0 Å². The molecule has 5 heteroatoms. The summed E-state index contributed by atoms with van der Waals surface area (Å²) in [5.41, 5.74) is 1.70. The standard InChI is InChI=1S/C12H13NO4/c1-13-10(14)4-3-7-5-8(12(15)16)6-9(17-2)11(7)13/h5-6H,3-4H2,1-2H3,(H,15,16). The molecule has 0 radical (unpaired) electrons. The summed E-state index contributed by atoms with van der Waals surface area (Å²) in [6.07, 6.45) is 0.950. The van der Waals surface area contributed by atoms with Crippen molar-refractivity contribution < 1.29 is 19.4 Å². The van der Waals surface area contributed by atoms with E-state index in [1.54, 1.807) is 13.1 Å². The van der Waals surface area contributed by atoms with Crippen molar-refractivity contribution in [3.63, 3.8) is 0 Å². The van der Waals surface area contributed by atoms with E-state index in [4.69, 9.17) is 9.84 Å². The van der Waals surface area contributed by atoms with Crippen LogP contribution in [0, 0.1) is 0 Å². The Kier molecular flexibility index (Phi) is 2.75. The van der Waals surface area contributed by atoms with E-state index in [1.165, 1.54) is 18.1 Å². The van der Waals surface area contributed by atoms with Crippen LogP contribution in [0.15, 0.2) is 12.1 Å². The number of carbonyl (C=O) groups is 2. The molecule has 1 heterocycles. The second-order valence-electron chi connectivity index (χ2n) is 3.94. The van der Waals surface area contributed by atoms with Crippen LogP contribution >= 0.6 is 0 Å². The van der Waals surface area contributed by atoms with Crippen molar-refractivity contribution in [2.45, 2.75) is 12.8 Å². The van der Waals surface area contributed by atoms with Gasteiger partial charge in [0.2, 0.25) is 5.91 Å². The number of hydrogen-bond donors (Lipinski definition) is 1. The molecule has 0 spiro atoms. The summed E-state index contributed by atoms with van der Waals surface area (Å²) in [5, 5.41) is 8.99. The van der Waals surface area contributed by atoms with Crippen molar-refractivity contribution in [2.75, 3.05) is 19.1 Å². The zero-order valence-corrected chi connectivity index (χ0v) is 9.69. The van der Waals surface area contributed by atoms with Crippen molar-refractivity contribution >= 4 is 17.6 Å².